The maximum atomic E-state index is 10.8. The van der Waals surface area contributed by atoms with Crippen LogP contribution in [0.5, 0.6) is 0 Å². The second-order valence-corrected chi connectivity index (χ2v) is 26.7. The van der Waals surface area contributed by atoms with Gasteiger partial charge >= 0.3 is 0 Å². The molecule has 238 valence electrons. The van der Waals surface area contributed by atoms with Gasteiger partial charge in [0.25, 0.3) is 0 Å². The van der Waals surface area contributed by atoms with Crippen LogP contribution in [0.2, 0.25) is 36.3 Å². The molecular weight excluding hydrogens is 549 g/mol. The van der Waals surface area contributed by atoms with Gasteiger partial charge in [-0.15, -0.1) is 0 Å². The summed E-state index contributed by atoms with van der Waals surface area (Å²) in [7, 11) is -3.90. The smallest absolute Gasteiger partial charge is 0.192 e. The Hall–Kier alpha value is -1.02. The fraction of sp³-hybridized carbons (Fsp3) is 0.757. The predicted octanol–water partition coefficient (Wildman–Crippen LogP) is 11.0. The number of aldehydes is 1. The minimum Gasteiger partial charge on any atom is -0.413 e. The summed E-state index contributed by atoms with van der Waals surface area (Å²) in [6.45, 7) is 33.1. The molecule has 0 heterocycles. The van der Waals surface area contributed by atoms with Gasteiger partial charge in [0.2, 0.25) is 0 Å². The molecule has 42 heavy (non-hydrogen) atoms. The summed E-state index contributed by atoms with van der Waals surface area (Å²) < 4.78 is 14.1. The number of hydrogen-bond acceptors (Lipinski definition) is 3. The van der Waals surface area contributed by atoms with E-state index in [9.17, 15) is 4.79 Å². The molecule has 0 bridgehead atoms. The highest BCUT2D eigenvalue weighted by Crippen LogP contribution is 2.60. The van der Waals surface area contributed by atoms with E-state index in [4.69, 9.17) is 8.85 Å². The fourth-order valence-electron chi connectivity index (χ4n) is 7.49. The molecule has 0 aromatic heterocycles. The Morgan fingerprint density at radius 3 is 2.21 bits per heavy atom. The minimum atomic E-state index is -1.97. The molecule has 3 aliphatic carbocycles. The van der Waals surface area contributed by atoms with Crippen LogP contribution in [0, 0.1) is 23.2 Å². The Morgan fingerprint density at radius 1 is 1.00 bits per heavy atom. The van der Waals surface area contributed by atoms with E-state index >= 15 is 0 Å². The molecule has 0 unspecified atom stereocenters. The van der Waals surface area contributed by atoms with Gasteiger partial charge in [-0.1, -0.05) is 85.8 Å². The molecule has 3 rings (SSSR count). The molecule has 0 amide bonds. The van der Waals surface area contributed by atoms with E-state index in [1.165, 1.54) is 43.3 Å². The van der Waals surface area contributed by atoms with Crippen molar-refractivity contribution in [3.8, 4) is 0 Å². The zero-order chi connectivity index (χ0) is 31.7. The number of rotatable bonds is 9. The number of allylic oxidation sites excluding steroid dienone is 5. The van der Waals surface area contributed by atoms with E-state index in [2.05, 4.69) is 106 Å². The third-order valence-corrected chi connectivity index (χ3v) is 21.2. The third kappa shape index (κ3) is 7.79. The quantitative estimate of drug-likeness (QED) is 0.148. The van der Waals surface area contributed by atoms with Crippen LogP contribution in [0.15, 0.2) is 47.6 Å². The molecule has 6 atom stereocenters. The summed E-state index contributed by atoms with van der Waals surface area (Å²) in [4.78, 5) is 10.8. The second-order valence-electron chi connectivity index (χ2n) is 17.1. The molecule has 0 aromatic rings. The highest BCUT2D eigenvalue weighted by molar-refractivity contribution is 6.74. The lowest BCUT2D eigenvalue weighted by atomic mass is 9.61. The molecule has 0 radical (unpaired) electrons. The van der Waals surface area contributed by atoms with Crippen molar-refractivity contribution in [1.82, 2.24) is 0 Å². The lowest BCUT2D eigenvalue weighted by Crippen LogP contribution is -2.49. The average Bonchev–Trinajstić information content (AvgIpc) is 3.21. The van der Waals surface area contributed by atoms with Gasteiger partial charge in [0.15, 0.2) is 16.6 Å². The molecule has 0 saturated heterocycles. The van der Waals surface area contributed by atoms with Crippen LogP contribution in [-0.2, 0) is 13.6 Å². The van der Waals surface area contributed by atoms with Crippen molar-refractivity contribution < 1.29 is 13.6 Å². The second kappa shape index (κ2) is 13.1. The number of fused-ring (bicyclic) bond motifs is 1. The molecule has 3 saturated carbocycles. The van der Waals surface area contributed by atoms with Crippen LogP contribution in [0.1, 0.15) is 107 Å². The summed E-state index contributed by atoms with van der Waals surface area (Å²) in [5.41, 5.74) is 4.49. The average molecular weight is 613 g/mol. The van der Waals surface area contributed by atoms with Crippen molar-refractivity contribution in [2.75, 3.05) is 0 Å². The van der Waals surface area contributed by atoms with E-state index in [-0.39, 0.29) is 22.3 Å². The van der Waals surface area contributed by atoms with Gasteiger partial charge in [-0.05, 0) is 122 Å². The first-order valence-corrected chi connectivity index (χ1v) is 22.6. The topological polar surface area (TPSA) is 35.5 Å². The molecule has 0 aromatic carbocycles. The SMILES string of the molecule is C=C1/C(=C\C=C2/CCC[C@]3(C)[C@@H]([C@H](C)C/C=C/C=O)CC[C@@H]23)C[C@@H](O[Si](C)(C)C(C)(C)C)C[C@@H]1O[Si](C)(C)C(C)(C)C. The van der Waals surface area contributed by atoms with Gasteiger partial charge in [-0.25, -0.2) is 0 Å². The molecular formula is C37H64O3Si2. The van der Waals surface area contributed by atoms with Crippen molar-refractivity contribution in [1.29, 1.82) is 0 Å². The Bertz CT molecular complexity index is 1070. The zero-order valence-electron chi connectivity index (χ0n) is 29.4. The Labute approximate surface area is 261 Å². The van der Waals surface area contributed by atoms with Crippen molar-refractivity contribution in [2.24, 2.45) is 23.2 Å². The Kier molecular flexibility index (Phi) is 11.1. The third-order valence-electron chi connectivity index (χ3n) is 12.2. The van der Waals surface area contributed by atoms with Gasteiger partial charge in [-0.3, -0.25) is 4.79 Å². The number of hydrogen-bond donors (Lipinski definition) is 0. The lowest BCUT2D eigenvalue weighted by Gasteiger charge is -2.46. The molecule has 3 aliphatic rings. The van der Waals surface area contributed by atoms with Gasteiger partial charge in [-0.2, -0.15) is 0 Å². The maximum Gasteiger partial charge on any atom is 0.192 e. The fourth-order valence-corrected chi connectivity index (χ4v) is 10.2. The molecule has 5 heteroatoms. The first-order valence-electron chi connectivity index (χ1n) is 16.8. The van der Waals surface area contributed by atoms with Crippen LogP contribution in [0.25, 0.3) is 0 Å². The normalized spacial score (nSPS) is 32.5. The molecule has 0 aliphatic heterocycles. The molecule has 0 N–H and O–H groups in total. The predicted molar refractivity (Wildman–Crippen MR) is 186 cm³/mol. The summed E-state index contributed by atoms with van der Waals surface area (Å²) >= 11 is 0. The van der Waals surface area contributed by atoms with Crippen LogP contribution >= 0.6 is 0 Å². The molecule has 3 fully saturated rings. The molecule has 0 spiro atoms. The Morgan fingerprint density at radius 2 is 1.62 bits per heavy atom. The minimum absolute atomic E-state index is 0.0202. The summed E-state index contributed by atoms with van der Waals surface area (Å²) in [6.07, 6.45) is 18.9. The van der Waals surface area contributed by atoms with E-state index in [0.29, 0.717) is 23.2 Å². The maximum absolute atomic E-state index is 10.8. The summed E-state index contributed by atoms with van der Waals surface area (Å²) in [6, 6.07) is 0. The van der Waals surface area contributed by atoms with Crippen LogP contribution in [0.3, 0.4) is 0 Å². The highest BCUT2D eigenvalue weighted by Gasteiger charge is 2.50. The van der Waals surface area contributed by atoms with E-state index in [0.717, 1.165) is 25.5 Å². The van der Waals surface area contributed by atoms with Gasteiger partial charge < -0.3 is 8.85 Å². The van der Waals surface area contributed by atoms with Gasteiger partial charge in [0.1, 0.15) is 6.29 Å². The Balaban J connectivity index is 1.90. The van der Waals surface area contributed by atoms with E-state index < -0.39 is 16.6 Å². The van der Waals surface area contributed by atoms with E-state index in [1.54, 1.807) is 11.6 Å². The first-order chi connectivity index (χ1) is 19.2. The largest absolute Gasteiger partial charge is 0.413 e. The standard InChI is InChI=1S/C37H64O3Si2/c1-27(17-14-15-24-38)32-21-22-33-29(18-16-23-37(32,33)9)19-20-30-25-31(39-41(10,11)35(3,4)5)26-34(28(30)2)40-42(12,13)36(6,7)8/h14-15,19-20,24,27,31-34H,2,16-18,21-23,25-26H2,1,3-13H3/b15-14+,29-19+,30-20-/t27-,31-,32-,33+,34+,37-/m1/s1. The number of carbonyl (C=O) groups is 1. The van der Waals surface area contributed by atoms with E-state index in [1.807, 2.05) is 0 Å². The van der Waals surface area contributed by atoms with Crippen LogP contribution in [-0.4, -0.2) is 35.1 Å². The van der Waals surface area contributed by atoms with Crippen molar-refractivity contribution in [3.63, 3.8) is 0 Å². The van der Waals surface area contributed by atoms with Crippen LogP contribution in [0.4, 0.5) is 0 Å². The summed E-state index contributed by atoms with van der Waals surface area (Å²) in [5.74, 6) is 1.97. The van der Waals surface area contributed by atoms with Gasteiger partial charge in [0, 0.05) is 6.42 Å². The summed E-state index contributed by atoms with van der Waals surface area (Å²) in [5, 5.41) is 0.326. The zero-order valence-corrected chi connectivity index (χ0v) is 31.4. The number of carbonyl (C=O) groups excluding carboxylic acids is 1. The lowest BCUT2D eigenvalue weighted by molar-refractivity contribution is -0.104. The first kappa shape index (κ1) is 35.5. The molecule has 3 nitrogen and oxygen atoms in total. The van der Waals surface area contributed by atoms with Crippen LogP contribution < -0.4 is 0 Å². The highest BCUT2D eigenvalue weighted by atomic mass is 28.4. The van der Waals surface area contributed by atoms with Crippen molar-refractivity contribution in [2.45, 2.75) is 155 Å². The monoisotopic (exact) mass is 612 g/mol. The van der Waals surface area contributed by atoms with Crippen molar-refractivity contribution >= 4 is 22.9 Å². The van der Waals surface area contributed by atoms with Gasteiger partial charge in [0.05, 0.1) is 12.2 Å². The van der Waals surface area contributed by atoms with Crippen molar-refractivity contribution in [3.05, 3.63) is 47.6 Å².